The van der Waals surface area contributed by atoms with E-state index in [9.17, 15) is 0 Å². The van der Waals surface area contributed by atoms with E-state index in [4.69, 9.17) is 21.1 Å². The Morgan fingerprint density at radius 3 is 2.75 bits per heavy atom. The summed E-state index contributed by atoms with van der Waals surface area (Å²) in [6, 6.07) is 8.08. The van der Waals surface area contributed by atoms with Gasteiger partial charge in [0.1, 0.15) is 0 Å². The molecule has 0 fully saturated rings. The van der Waals surface area contributed by atoms with E-state index in [1.807, 2.05) is 12.1 Å². The highest BCUT2D eigenvalue weighted by molar-refractivity contribution is 7.09. The molecule has 1 aromatic carbocycles. The first kappa shape index (κ1) is 15.2. The van der Waals surface area contributed by atoms with Crippen LogP contribution in [0.15, 0.2) is 29.6 Å². The van der Waals surface area contributed by atoms with E-state index in [1.165, 1.54) is 4.88 Å². The van der Waals surface area contributed by atoms with E-state index < -0.39 is 0 Å². The summed E-state index contributed by atoms with van der Waals surface area (Å²) in [4.78, 5) is 1.39. The zero-order chi connectivity index (χ0) is 14.4. The molecule has 0 atom stereocenters. The third kappa shape index (κ3) is 3.88. The highest BCUT2D eigenvalue weighted by atomic mass is 35.5. The highest BCUT2D eigenvalue weighted by Crippen LogP contribution is 2.35. The minimum atomic E-state index is 0.571. The fourth-order valence-electron chi connectivity index (χ4n) is 1.97. The maximum absolute atomic E-state index is 6.18. The summed E-state index contributed by atoms with van der Waals surface area (Å²) in [7, 11) is 3.20. The Bertz CT molecular complexity index is 543. The van der Waals surface area contributed by atoms with E-state index in [0.717, 1.165) is 25.1 Å². The Balaban J connectivity index is 1.91. The molecule has 1 heterocycles. The summed E-state index contributed by atoms with van der Waals surface area (Å²) in [5, 5.41) is 6.08. The predicted octanol–water partition coefficient (Wildman–Crippen LogP) is 3.75. The van der Waals surface area contributed by atoms with Crippen LogP contribution in [0, 0.1) is 0 Å². The topological polar surface area (TPSA) is 30.5 Å². The van der Waals surface area contributed by atoms with Crippen molar-refractivity contribution in [2.75, 3.05) is 20.8 Å². The van der Waals surface area contributed by atoms with E-state index in [2.05, 4.69) is 22.8 Å². The van der Waals surface area contributed by atoms with Crippen LogP contribution in [-0.4, -0.2) is 20.8 Å². The van der Waals surface area contributed by atoms with Gasteiger partial charge >= 0.3 is 0 Å². The summed E-state index contributed by atoms with van der Waals surface area (Å²) < 4.78 is 10.5. The van der Waals surface area contributed by atoms with Gasteiger partial charge in [0.05, 0.1) is 19.2 Å². The number of thiophene rings is 1. The van der Waals surface area contributed by atoms with Gasteiger partial charge in [-0.1, -0.05) is 17.7 Å². The number of rotatable bonds is 7. The molecule has 0 bridgehead atoms. The second kappa shape index (κ2) is 7.53. The number of hydrogen-bond donors (Lipinski definition) is 1. The van der Waals surface area contributed by atoms with Crippen LogP contribution in [-0.2, 0) is 13.0 Å². The molecule has 1 N–H and O–H groups in total. The normalized spacial score (nSPS) is 10.6. The average molecular weight is 312 g/mol. The van der Waals surface area contributed by atoms with Gasteiger partial charge in [0.2, 0.25) is 0 Å². The van der Waals surface area contributed by atoms with E-state index >= 15 is 0 Å². The van der Waals surface area contributed by atoms with Gasteiger partial charge in [0, 0.05) is 18.0 Å². The summed E-state index contributed by atoms with van der Waals surface area (Å²) in [6.45, 7) is 1.69. The number of nitrogens with one attached hydrogen (secondary N) is 1. The van der Waals surface area contributed by atoms with E-state index in [-0.39, 0.29) is 0 Å². The highest BCUT2D eigenvalue weighted by Gasteiger charge is 2.10. The molecule has 20 heavy (non-hydrogen) atoms. The van der Waals surface area contributed by atoms with Gasteiger partial charge in [-0.2, -0.15) is 0 Å². The molecule has 0 unspecified atom stereocenters. The van der Waals surface area contributed by atoms with Gasteiger partial charge < -0.3 is 14.8 Å². The maximum Gasteiger partial charge on any atom is 0.179 e. The number of halogens is 1. The van der Waals surface area contributed by atoms with Gasteiger partial charge in [-0.15, -0.1) is 11.3 Å². The second-order valence-corrected chi connectivity index (χ2v) is 5.76. The van der Waals surface area contributed by atoms with Crippen LogP contribution < -0.4 is 14.8 Å². The lowest BCUT2D eigenvalue weighted by molar-refractivity contribution is 0.354. The monoisotopic (exact) mass is 311 g/mol. The molecule has 0 aliphatic rings. The van der Waals surface area contributed by atoms with Crippen molar-refractivity contribution in [1.29, 1.82) is 0 Å². The van der Waals surface area contributed by atoms with E-state index in [0.29, 0.717) is 16.5 Å². The van der Waals surface area contributed by atoms with Crippen LogP contribution in [0.2, 0.25) is 5.02 Å². The zero-order valence-corrected chi connectivity index (χ0v) is 13.2. The number of ether oxygens (including phenoxy) is 2. The third-order valence-corrected chi connectivity index (χ3v) is 4.17. The van der Waals surface area contributed by atoms with Gasteiger partial charge in [0.25, 0.3) is 0 Å². The molecule has 108 valence electrons. The van der Waals surface area contributed by atoms with Crippen molar-refractivity contribution in [3.05, 3.63) is 45.1 Å². The van der Waals surface area contributed by atoms with Crippen molar-refractivity contribution in [3.63, 3.8) is 0 Å². The molecule has 1 aromatic heterocycles. The first-order valence-electron chi connectivity index (χ1n) is 6.38. The Morgan fingerprint density at radius 1 is 1.25 bits per heavy atom. The number of methoxy groups -OCH3 is 2. The predicted molar refractivity (Wildman–Crippen MR) is 84.3 cm³/mol. The fourth-order valence-corrected chi connectivity index (χ4v) is 2.99. The van der Waals surface area contributed by atoms with Gasteiger partial charge in [0.15, 0.2) is 11.5 Å². The Morgan fingerprint density at radius 2 is 2.10 bits per heavy atom. The first-order valence-corrected chi connectivity index (χ1v) is 7.64. The lowest BCUT2D eigenvalue weighted by Gasteiger charge is -2.12. The van der Waals surface area contributed by atoms with Gasteiger partial charge in [-0.25, -0.2) is 0 Å². The molecule has 0 amide bonds. The zero-order valence-electron chi connectivity index (χ0n) is 11.6. The molecule has 0 spiro atoms. The van der Waals surface area contributed by atoms with Crippen molar-refractivity contribution in [2.24, 2.45) is 0 Å². The first-order chi connectivity index (χ1) is 9.74. The largest absolute Gasteiger partial charge is 0.493 e. The number of hydrogen-bond acceptors (Lipinski definition) is 4. The summed E-state index contributed by atoms with van der Waals surface area (Å²) in [5.41, 5.74) is 1.08. The van der Waals surface area contributed by atoms with Crippen LogP contribution in [0.3, 0.4) is 0 Å². The van der Waals surface area contributed by atoms with Crippen LogP contribution >= 0.6 is 22.9 Å². The van der Waals surface area contributed by atoms with Crippen molar-refractivity contribution in [2.45, 2.75) is 13.0 Å². The molecule has 0 aliphatic carbocycles. The Kier molecular flexibility index (Phi) is 5.71. The number of benzene rings is 1. The third-order valence-electron chi connectivity index (χ3n) is 2.95. The van der Waals surface area contributed by atoms with Crippen LogP contribution in [0.5, 0.6) is 11.5 Å². The summed E-state index contributed by atoms with van der Waals surface area (Å²) in [5.74, 6) is 1.24. The molecule has 0 aliphatic heterocycles. The second-order valence-electron chi connectivity index (χ2n) is 4.32. The lowest BCUT2D eigenvalue weighted by Crippen LogP contribution is -2.16. The molecule has 2 aromatic rings. The fraction of sp³-hybridized carbons (Fsp3) is 0.333. The van der Waals surface area contributed by atoms with Crippen molar-refractivity contribution in [1.82, 2.24) is 5.32 Å². The maximum atomic E-state index is 6.18. The molecule has 0 radical (unpaired) electrons. The molecule has 2 rings (SSSR count). The molecule has 5 heteroatoms. The van der Waals surface area contributed by atoms with Gasteiger partial charge in [-0.3, -0.25) is 0 Å². The van der Waals surface area contributed by atoms with Crippen molar-refractivity contribution < 1.29 is 9.47 Å². The molecule has 0 saturated heterocycles. The standard InChI is InChI=1S/C15H18ClNO2S/c1-18-14-9-11(8-13(16)15(14)19-2)10-17-6-5-12-4-3-7-20-12/h3-4,7-9,17H,5-6,10H2,1-2H3. The SMILES string of the molecule is COc1cc(CNCCc2cccs2)cc(Cl)c1OC. The van der Waals surface area contributed by atoms with Crippen molar-refractivity contribution >= 4 is 22.9 Å². The average Bonchev–Trinajstić information content (AvgIpc) is 2.96. The minimum Gasteiger partial charge on any atom is -0.493 e. The van der Waals surface area contributed by atoms with Gasteiger partial charge in [-0.05, 0) is 35.6 Å². The van der Waals surface area contributed by atoms with E-state index in [1.54, 1.807) is 25.6 Å². The minimum absolute atomic E-state index is 0.571. The van der Waals surface area contributed by atoms with Crippen LogP contribution in [0.1, 0.15) is 10.4 Å². The van der Waals surface area contributed by atoms with Crippen LogP contribution in [0.25, 0.3) is 0 Å². The molecule has 3 nitrogen and oxygen atoms in total. The lowest BCUT2D eigenvalue weighted by atomic mass is 10.2. The van der Waals surface area contributed by atoms with Crippen LogP contribution in [0.4, 0.5) is 0 Å². The Labute approximate surface area is 128 Å². The molecular formula is C15H18ClNO2S. The quantitative estimate of drug-likeness (QED) is 0.790. The Hall–Kier alpha value is -1.23. The smallest absolute Gasteiger partial charge is 0.179 e. The summed E-state index contributed by atoms with van der Waals surface area (Å²) in [6.07, 6.45) is 1.04. The molecule has 0 saturated carbocycles. The van der Waals surface area contributed by atoms with Crippen molar-refractivity contribution in [3.8, 4) is 11.5 Å². The molecular weight excluding hydrogens is 294 g/mol. The summed E-state index contributed by atoms with van der Waals surface area (Å²) >= 11 is 7.96.